The van der Waals surface area contributed by atoms with Gasteiger partial charge < -0.3 is 4.74 Å². The number of nitrogens with one attached hydrogen (secondary N) is 2. The van der Waals surface area contributed by atoms with E-state index in [-0.39, 0.29) is 17.3 Å². The van der Waals surface area contributed by atoms with Gasteiger partial charge in [-0.05, 0) is 63.6 Å². The minimum atomic E-state index is -0.577. The largest absolute Gasteiger partial charge is 0.444 e. The fraction of sp³-hybridized carbons (Fsp3) is 0.429. The summed E-state index contributed by atoms with van der Waals surface area (Å²) in [5.74, 6) is 1.05. The third kappa shape index (κ3) is 4.13. The number of ketones is 1. The Labute approximate surface area is 205 Å². The van der Waals surface area contributed by atoms with Gasteiger partial charge in [-0.15, -0.1) is 0 Å². The van der Waals surface area contributed by atoms with Crippen LogP contribution in [0.25, 0.3) is 11.3 Å². The van der Waals surface area contributed by atoms with Crippen LogP contribution in [-0.4, -0.2) is 32.7 Å². The summed E-state index contributed by atoms with van der Waals surface area (Å²) >= 11 is 0. The summed E-state index contributed by atoms with van der Waals surface area (Å²) in [4.78, 5) is 29.2. The van der Waals surface area contributed by atoms with Crippen molar-refractivity contribution in [2.45, 2.75) is 64.4 Å². The second kappa shape index (κ2) is 8.63. The summed E-state index contributed by atoms with van der Waals surface area (Å²) < 4.78 is 5.31. The van der Waals surface area contributed by atoms with Crippen LogP contribution >= 0.6 is 0 Å². The number of aromatic nitrogens is 3. The van der Waals surface area contributed by atoms with Crippen LogP contribution in [0.5, 0.6) is 0 Å². The van der Waals surface area contributed by atoms with Gasteiger partial charge >= 0.3 is 6.09 Å². The smallest absolute Gasteiger partial charge is 0.413 e. The Bertz CT molecular complexity index is 1240. The van der Waals surface area contributed by atoms with Crippen molar-refractivity contribution < 1.29 is 14.3 Å². The van der Waals surface area contributed by atoms with Crippen molar-refractivity contribution in [2.24, 2.45) is 11.8 Å². The zero-order valence-electron chi connectivity index (χ0n) is 20.7. The highest BCUT2D eigenvalue weighted by atomic mass is 16.6. The first kappa shape index (κ1) is 23.3. The molecule has 7 nitrogen and oxygen atoms in total. The fourth-order valence-corrected chi connectivity index (χ4v) is 5.96. The fourth-order valence-electron chi connectivity index (χ4n) is 5.96. The predicted octanol–water partition coefficient (Wildman–Crippen LogP) is 5.67. The molecule has 2 heterocycles. The average Bonchev–Trinajstić information content (AvgIpc) is 3.26. The van der Waals surface area contributed by atoms with E-state index in [4.69, 9.17) is 9.84 Å². The molecule has 2 N–H and O–H groups in total. The first-order chi connectivity index (χ1) is 16.7. The summed E-state index contributed by atoms with van der Waals surface area (Å²) in [6.07, 6.45) is 4.36. The minimum absolute atomic E-state index is 0.0173. The van der Waals surface area contributed by atoms with Gasteiger partial charge in [-0.1, -0.05) is 37.3 Å². The third-order valence-corrected chi connectivity index (χ3v) is 7.48. The number of anilines is 1. The zero-order valence-corrected chi connectivity index (χ0v) is 20.7. The molecule has 2 aliphatic rings. The van der Waals surface area contributed by atoms with E-state index in [1.54, 1.807) is 12.3 Å². The maximum absolute atomic E-state index is 12.7. The number of aromatic amines is 1. The van der Waals surface area contributed by atoms with Gasteiger partial charge in [0.25, 0.3) is 0 Å². The van der Waals surface area contributed by atoms with E-state index in [2.05, 4.69) is 46.6 Å². The number of amides is 1. The number of carbonyl (C=O) groups is 2. The first-order valence-electron chi connectivity index (χ1n) is 12.3. The molecule has 5 rings (SSSR count). The highest BCUT2D eigenvalue weighted by Gasteiger charge is 2.53. The monoisotopic (exact) mass is 472 g/mol. The van der Waals surface area contributed by atoms with Crippen LogP contribution in [-0.2, 0) is 21.4 Å². The van der Waals surface area contributed by atoms with E-state index in [0.717, 1.165) is 36.2 Å². The number of hydrogen-bond acceptors (Lipinski definition) is 5. The Morgan fingerprint density at radius 2 is 1.91 bits per heavy atom. The first-order valence-corrected chi connectivity index (χ1v) is 12.3. The molecule has 1 saturated carbocycles. The number of pyridine rings is 1. The topological polar surface area (TPSA) is 97.0 Å². The van der Waals surface area contributed by atoms with Crippen molar-refractivity contribution in [1.82, 2.24) is 15.2 Å². The lowest BCUT2D eigenvalue weighted by molar-refractivity contribution is -0.128. The van der Waals surface area contributed by atoms with Crippen LogP contribution in [0.2, 0.25) is 0 Å². The van der Waals surface area contributed by atoms with Gasteiger partial charge in [-0.2, -0.15) is 5.10 Å². The Hall–Kier alpha value is -3.48. The van der Waals surface area contributed by atoms with E-state index in [1.165, 1.54) is 11.1 Å². The number of fused-ring (bicyclic) bond motifs is 3. The van der Waals surface area contributed by atoms with E-state index in [9.17, 15) is 9.59 Å². The van der Waals surface area contributed by atoms with Gasteiger partial charge in [0.05, 0.1) is 5.69 Å². The lowest BCUT2D eigenvalue weighted by Crippen LogP contribution is -2.49. The lowest BCUT2D eigenvalue weighted by Gasteiger charge is -2.49. The van der Waals surface area contributed by atoms with Crippen molar-refractivity contribution in [3.8, 4) is 11.3 Å². The van der Waals surface area contributed by atoms with Crippen molar-refractivity contribution in [1.29, 1.82) is 0 Å². The molecule has 35 heavy (non-hydrogen) atoms. The number of hydrogen-bond donors (Lipinski definition) is 2. The summed E-state index contributed by atoms with van der Waals surface area (Å²) in [6.45, 7) is 7.55. The molecular formula is C28H32N4O3. The summed E-state index contributed by atoms with van der Waals surface area (Å²) in [7, 11) is 0. The van der Waals surface area contributed by atoms with E-state index < -0.39 is 11.7 Å². The van der Waals surface area contributed by atoms with Crippen molar-refractivity contribution in [2.75, 3.05) is 5.32 Å². The molecule has 1 aromatic carbocycles. The van der Waals surface area contributed by atoms with Gasteiger partial charge in [0.2, 0.25) is 0 Å². The molecule has 2 aliphatic carbocycles. The number of benzene rings is 1. The number of nitrogens with zero attached hydrogens (tertiary/aromatic N) is 2. The van der Waals surface area contributed by atoms with E-state index >= 15 is 0 Å². The lowest BCUT2D eigenvalue weighted by atomic mass is 9.53. The van der Waals surface area contributed by atoms with Crippen LogP contribution in [0.15, 0.2) is 48.7 Å². The van der Waals surface area contributed by atoms with Crippen molar-refractivity contribution >= 4 is 17.7 Å². The second-order valence-corrected chi connectivity index (χ2v) is 10.7. The van der Waals surface area contributed by atoms with Crippen LogP contribution in [0.4, 0.5) is 10.6 Å². The molecule has 3 aromatic rings. The molecule has 1 amide bonds. The molecule has 0 radical (unpaired) electrons. The van der Waals surface area contributed by atoms with Crippen molar-refractivity contribution in [3.05, 3.63) is 65.5 Å². The normalized spacial score (nSPS) is 23.8. The van der Waals surface area contributed by atoms with Crippen LogP contribution in [0.3, 0.4) is 0 Å². The summed E-state index contributed by atoms with van der Waals surface area (Å²) in [5.41, 5.74) is 4.51. The highest BCUT2D eigenvalue weighted by Crippen LogP contribution is 2.55. The Morgan fingerprint density at radius 3 is 2.60 bits per heavy atom. The molecular weight excluding hydrogens is 440 g/mol. The maximum Gasteiger partial charge on any atom is 0.413 e. The molecule has 7 heteroatoms. The number of ether oxygens (including phenoxy) is 1. The standard InChI is InChI=1S/C28H32N4O3/c1-17-21-12-11-20-24(18-10-13-23(29-16-18)30-26(34)35-27(2,3)4)31-32-25(20)28(21,15-14-22(17)33)19-8-6-5-7-9-19/h5-10,13,16-17,21H,11-12,14-15H2,1-4H3,(H,31,32)(H,29,30,34)/t17-,21-,28+/m0/s1. The molecule has 2 aromatic heterocycles. The zero-order chi connectivity index (χ0) is 24.8. The van der Waals surface area contributed by atoms with Gasteiger partial charge in [0.15, 0.2) is 0 Å². The van der Waals surface area contributed by atoms with Crippen molar-refractivity contribution in [3.63, 3.8) is 0 Å². The Balaban J connectivity index is 1.49. The Morgan fingerprint density at radius 1 is 1.14 bits per heavy atom. The van der Waals surface area contributed by atoms with E-state index in [1.807, 2.05) is 32.9 Å². The molecule has 0 bridgehead atoms. The van der Waals surface area contributed by atoms with Crippen LogP contribution in [0, 0.1) is 11.8 Å². The minimum Gasteiger partial charge on any atom is -0.444 e. The second-order valence-electron chi connectivity index (χ2n) is 10.7. The predicted molar refractivity (Wildman–Crippen MR) is 134 cm³/mol. The maximum atomic E-state index is 12.7. The summed E-state index contributed by atoms with van der Waals surface area (Å²) in [6, 6.07) is 14.2. The highest BCUT2D eigenvalue weighted by molar-refractivity contribution is 5.84. The molecule has 3 atom stereocenters. The number of carbonyl (C=O) groups excluding carboxylic acids is 2. The molecule has 1 fully saturated rings. The van der Waals surface area contributed by atoms with Crippen LogP contribution < -0.4 is 5.32 Å². The number of rotatable bonds is 3. The molecule has 0 unspecified atom stereocenters. The van der Waals surface area contributed by atoms with Gasteiger partial charge in [-0.3, -0.25) is 15.2 Å². The quantitative estimate of drug-likeness (QED) is 0.512. The molecule has 182 valence electrons. The van der Waals surface area contributed by atoms with Gasteiger partial charge in [-0.25, -0.2) is 9.78 Å². The van der Waals surface area contributed by atoms with Crippen LogP contribution in [0.1, 0.15) is 63.8 Å². The number of Topliss-reactive ketones (excluding diaryl/α,β-unsaturated/α-hetero) is 1. The summed E-state index contributed by atoms with van der Waals surface area (Å²) in [5, 5.41) is 10.8. The molecule has 0 spiro atoms. The van der Waals surface area contributed by atoms with Gasteiger partial charge in [0.1, 0.15) is 17.2 Å². The number of H-pyrrole nitrogens is 1. The molecule has 0 aliphatic heterocycles. The third-order valence-electron chi connectivity index (χ3n) is 7.48. The average molecular weight is 473 g/mol. The van der Waals surface area contributed by atoms with E-state index in [0.29, 0.717) is 18.0 Å². The Kier molecular flexibility index (Phi) is 5.74. The molecule has 0 saturated heterocycles. The van der Waals surface area contributed by atoms with Gasteiger partial charge in [0, 0.05) is 40.8 Å². The SMILES string of the molecule is C[C@@H]1C(=O)CC[C@]2(c3ccccc3)c3[nH]nc(-c4ccc(NC(=O)OC(C)(C)C)nc4)c3CC[C@@H]12.